The maximum Gasteiger partial charge on any atom is 0.315 e. The Morgan fingerprint density at radius 3 is 1.49 bits per heavy atom. The highest BCUT2D eigenvalue weighted by molar-refractivity contribution is 7.99. The Kier molecular flexibility index (Phi) is 18.2. The van der Waals surface area contributed by atoms with Crippen molar-refractivity contribution in [2.75, 3.05) is 24.7 Å². The van der Waals surface area contributed by atoms with Crippen molar-refractivity contribution in [1.82, 2.24) is 0 Å². The number of thioether (sulfide) groups is 2. The predicted molar refractivity (Wildman–Crippen MR) is 162 cm³/mol. The van der Waals surface area contributed by atoms with E-state index in [-0.39, 0.29) is 11.9 Å². The summed E-state index contributed by atoms with van der Waals surface area (Å²) in [4.78, 5) is 24.6. The van der Waals surface area contributed by atoms with Crippen LogP contribution < -0.4 is 0 Å². The van der Waals surface area contributed by atoms with Crippen LogP contribution >= 0.6 is 23.5 Å². The molecule has 0 N–H and O–H groups in total. The number of ether oxygens (including phenoxy) is 2. The van der Waals surface area contributed by atoms with Crippen molar-refractivity contribution in [2.45, 2.75) is 111 Å². The molecule has 0 bridgehead atoms. The average Bonchev–Trinajstić information content (AvgIpc) is 2.88. The highest BCUT2D eigenvalue weighted by Gasteiger charge is 2.15. The minimum absolute atomic E-state index is 0.114. The fourth-order valence-electron chi connectivity index (χ4n) is 4.49. The van der Waals surface area contributed by atoms with Crippen LogP contribution in [0, 0.1) is 32.6 Å². The molecule has 0 aliphatic heterocycles. The summed E-state index contributed by atoms with van der Waals surface area (Å²) in [6.07, 6.45) is 9.11. The zero-order chi connectivity index (χ0) is 27.6. The van der Waals surface area contributed by atoms with Crippen LogP contribution in [-0.4, -0.2) is 36.7 Å². The predicted octanol–water partition coefficient (Wildman–Crippen LogP) is 8.60. The van der Waals surface area contributed by atoms with Crippen LogP contribution in [0.25, 0.3) is 0 Å². The van der Waals surface area contributed by atoms with E-state index in [1.165, 1.54) is 53.5 Å². The molecule has 2 unspecified atom stereocenters. The molecule has 0 fully saturated rings. The number of esters is 2. The average molecular weight is 553 g/mol. The Bertz CT molecular complexity index is 747. The Morgan fingerprint density at radius 1 is 0.730 bits per heavy atom. The molecular weight excluding hydrogens is 500 g/mol. The van der Waals surface area contributed by atoms with Crippen LogP contribution in [0.5, 0.6) is 0 Å². The molecule has 0 amide bonds. The monoisotopic (exact) mass is 552 g/mol. The molecule has 0 saturated carbocycles. The topological polar surface area (TPSA) is 52.6 Å². The lowest BCUT2D eigenvalue weighted by atomic mass is 9.95. The third-order valence-corrected chi connectivity index (χ3v) is 9.13. The van der Waals surface area contributed by atoms with Crippen LogP contribution in [0.3, 0.4) is 0 Å². The standard InChI is InChI=1S/C31H52O4S2/c1-8-12-14-26(10-3)17-34-30(32)21-36-19-28-23(5)16-24(6)29(25(28)7)20-37-22-31(33)35-18-27(11-4)15-13-9-2/h16,26-27H,8-15,17-22H2,1-7H3. The molecule has 0 aromatic heterocycles. The second-order valence-electron chi connectivity index (χ2n) is 10.3. The van der Waals surface area contributed by atoms with E-state index in [1.807, 2.05) is 0 Å². The first-order valence-corrected chi connectivity index (χ1v) is 16.6. The zero-order valence-electron chi connectivity index (χ0n) is 24.6. The molecule has 0 aliphatic carbocycles. The Morgan fingerprint density at radius 2 is 1.14 bits per heavy atom. The summed E-state index contributed by atoms with van der Waals surface area (Å²) in [6, 6.07) is 2.23. The lowest BCUT2D eigenvalue weighted by molar-refractivity contribution is -0.142. The highest BCUT2D eigenvalue weighted by Crippen LogP contribution is 2.29. The van der Waals surface area contributed by atoms with Crippen molar-refractivity contribution in [3.63, 3.8) is 0 Å². The van der Waals surface area contributed by atoms with Gasteiger partial charge in [-0.25, -0.2) is 0 Å². The molecular formula is C31H52O4S2. The lowest BCUT2D eigenvalue weighted by Gasteiger charge is -2.18. The Balaban J connectivity index is 2.55. The van der Waals surface area contributed by atoms with Crippen molar-refractivity contribution in [3.8, 4) is 0 Å². The van der Waals surface area contributed by atoms with Crippen molar-refractivity contribution in [2.24, 2.45) is 11.8 Å². The number of carbonyl (C=O) groups is 2. The molecule has 1 aromatic carbocycles. The molecule has 2 atom stereocenters. The van der Waals surface area contributed by atoms with E-state index in [0.29, 0.717) is 36.6 Å². The van der Waals surface area contributed by atoms with Crippen molar-refractivity contribution in [3.05, 3.63) is 33.9 Å². The first-order chi connectivity index (χ1) is 17.8. The molecule has 6 heteroatoms. The van der Waals surface area contributed by atoms with Gasteiger partial charge >= 0.3 is 11.9 Å². The van der Waals surface area contributed by atoms with Gasteiger partial charge in [0.1, 0.15) is 0 Å². The summed E-state index contributed by atoms with van der Waals surface area (Å²) in [7, 11) is 0. The summed E-state index contributed by atoms with van der Waals surface area (Å²) in [5, 5.41) is 0. The van der Waals surface area contributed by atoms with Crippen LogP contribution in [0.15, 0.2) is 6.07 Å². The number of unbranched alkanes of at least 4 members (excludes halogenated alkanes) is 2. The molecule has 0 radical (unpaired) electrons. The first-order valence-electron chi connectivity index (χ1n) is 14.3. The number of rotatable bonds is 20. The van der Waals surface area contributed by atoms with Crippen LogP contribution in [0.2, 0.25) is 0 Å². The van der Waals surface area contributed by atoms with Gasteiger partial charge < -0.3 is 9.47 Å². The molecule has 0 spiro atoms. The SMILES string of the molecule is CCCCC(CC)COC(=O)CSCc1c(C)cc(C)c(CSCC(=O)OCC(CC)CCCC)c1C. The molecule has 212 valence electrons. The quantitative estimate of drug-likeness (QED) is 0.151. The van der Waals surface area contributed by atoms with Gasteiger partial charge in [0.2, 0.25) is 0 Å². The minimum Gasteiger partial charge on any atom is -0.465 e. The number of aryl methyl sites for hydroxylation is 2. The van der Waals surface area contributed by atoms with Crippen molar-refractivity contribution in [1.29, 1.82) is 0 Å². The van der Waals surface area contributed by atoms with E-state index in [4.69, 9.17) is 9.47 Å². The fourth-order valence-corrected chi connectivity index (χ4v) is 6.49. The van der Waals surface area contributed by atoms with E-state index < -0.39 is 0 Å². The minimum atomic E-state index is -0.114. The summed E-state index contributed by atoms with van der Waals surface area (Å²) in [5.41, 5.74) is 6.37. The van der Waals surface area contributed by atoms with Gasteiger partial charge in [-0.3, -0.25) is 9.59 Å². The highest BCUT2D eigenvalue weighted by atomic mass is 32.2. The van der Waals surface area contributed by atoms with Gasteiger partial charge in [0, 0.05) is 11.5 Å². The number of hydrogen-bond acceptors (Lipinski definition) is 6. The van der Waals surface area contributed by atoms with Gasteiger partial charge in [0.05, 0.1) is 24.7 Å². The second kappa shape index (κ2) is 19.9. The molecule has 0 aliphatic rings. The number of carbonyl (C=O) groups excluding carboxylic acids is 2. The molecule has 37 heavy (non-hydrogen) atoms. The maximum absolute atomic E-state index is 12.3. The summed E-state index contributed by atoms with van der Waals surface area (Å²) < 4.78 is 11.1. The van der Waals surface area contributed by atoms with E-state index in [0.717, 1.165) is 37.2 Å². The fraction of sp³-hybridized carbons (Fsp3) is 0.742. The van der Waals surface area contributed by atoms with E-state index in [9.17, 15) is 9.59 Å². The maximum atomic E-state index is 12.3. The van der Waals surface area contributed by atoms with Crippen LogP contribution in [-0.2, 0) is 30.6 Å². The first kappa shape index (κ1) is 33.9. The van der Waals surface area contributed by atoms with Gasteiger partial charge in [-0.1, -0.05) is 72.3 Å². The Labute approximate surface area is 235 Å². The molecule has 0 saturated heterocycles. The van der Waals surface area contributed by atoms with Gasteiger partial charge in [-0.15, -0.1) is 23.5 Å². The van der Waals surface area contributed by atoms with Gasteiger partial charge in [0.25, 0.3) is 0 Å². The van der Waals surface area contributed by atoms with E-state index in [2.05, 4.69) is 54.5 Å². The number of hydrogen-bond donors (Lipinski definition) is 0. The van der Waals surface area contributed by atoms with Crippen molar-refractivity contribution >= 4 is 35.5 Å². The molecule has 0 heterocycles. The normalized spacial score (nSPS) is 12.8. The zero-order valence-corrected chi connectivity index (χ0v) is 26.2. The summed E-state index contributed by atoms with van der Waals surface area (Å²) in [5.74, 6) is 3.05. The summed E-state index contributed by atoms with van der Waals surface area (Å²) in [6.45, 7) is 16.3. The lowest BCUT2D eigenvalue weighted by Crippen LogP contribution is -2.15. The third kappa shape index (κ3) is 13.5. The van der Waals surface area contributed by atoms with E-state index >= 15 is 0 Å². The molecule has 4 nitrogen and oxygen atoms in total. The third-order valence-electron chi connectivity index (χ3n) is 7.27. The van der Waals surface area contributed by atoms with Crippen LogP contribution in [0.1, 0.15) is 107 Å². The van der Waals surface area contributed by atoms with E-state index in [1.54, 1.807) is 23.5 Å². The summed E-state index contributed by atoms with van der Waals surface area (Å²) >= 11 is 3.25. The van der Waals surface area contributed by atoms with Gasteiger partial charge in [-0.05, 0) is 73.3 Å². The molecule has 1 aromatic rings. The number of benzene rings is 1. The second-order valence-corrected chi connectivity index (χ2v) is 12.2. The van der Waals surface area contributed by atoms with Gasteiger partial charge in [0.15, 0.2) is 0 Å². The van der Waals surface area contributed by atoms with Crippen LogP contribution in [0.4, 0.5) is 0 Å². The van der Waals surface area contributed by atoms with Gasteiger partial charge in [-0.2, -0.15) is 0 Å². The van der Waals surface area contributed by atoms with Crippen molar-refractivity contribution < 1.29 is 19.1 Å². The largest absolute Gasteiger partial charge is 0.465 e. The Hall–Kier alpha value is -1.14. The molecule has 1 rings (SSSR count). The smallest absolute Gasteiger partial charge is 0.315 e.